The van der Waals surface area contributed by atoms with E-state index in [1.54, 1.807) is 48.3 Å². The van der Waals surface area contributed by atoms with Crippen molar-refractivity contribution in [2.45, 2.75) is 75.5 Å². The Morgan fingerprint density at radius 2 is 1.00 bits per heavy atom. The Kier molecular flexibility index (Phi) is 14.9. The monoisotopic (exact) mass is 1000 g/mol. The molecule has 0 bridgehead atoms. The SMILES string of the molecule is Brc1ccc(Oc2ccnc3cc4c(cc23)OCCO4)cn1.Nc1ccc(Oc2ccnc3cc4c(cc23)OCCO4)cn1.c1ccc(-c2ccccc2P(C2CCCCC2)C2CCCCC2)cc1. The van der Waals surface area contributed by atoms with E-state index in [2.05, 4.69) is 90.5 Å². The second kappa shape index (κ2) is 22.3. The van der Waals surface area contributed by atoms with Gasteiger partial charge in [0, 0.05) is 35.3 Å². The third kappa shape index (κ3) is 11.4. The van der Waals surface area contributed by atoms with Crippen LogP contribution in [0.1, 0.15) is 64.2 Å². The smallest absolute Gasteiger partial charge is 0.163 e. The average Bonchev–Trinajstić information content (AvgIpc) is 3.40. The Balaban J connectivity index is 0.000000121. The lowest BCUT2D eigenvalue weighted by atomic mass is 9.99. The summed E-state index contributed by atoms with van der Waals surface area (Å²) in [6.07, 6.45) is 21.3. The van der Waals surface area contributed by atoms with Crippen molar-refractivity contribution in [2.75, 3.05) is 32.2 Å². The molecular weight excluding hydrogens is 950 g/mol. The largest absolute Gasteiger partial charge is 0.486 e. The molecule has 0 unspecified atom stereocenters. The van der Waals surface area contributed by atoms with Gasteiger partial charge < -0.3 is 34.2 Å². The van der Waals surface area contributed by atoms with E-state index in [4.69, 9.17) is 34.2 Å². The summed E-state index contributed by atoms with van der Waals surface area (Å²) in [7, 11) is -0.0365. The maximum Gasteiger partial charge on any atom is 0.163 e. The quantitative estimate of drug-likeness (QED) is 0.115. The molecule has 0 spiro atoms. The van der Waals surface area contributed by atoms with Crippen molar-refractivity contribution in [1.82, 2.24) is 19.9 Å². The number of hydrogen-bond acceptors (Lipinski definition) is 11. The van der Waals surface area contributed by atoms with Gasteiger partial charge >= 0.3 is 0 Å². The standard InChI is InChI=1S/C24H31P.C16H11BrN2O3.C16H13N3O3/c1-4-12-20(13-5-1)23-18-10-11-19-24(23)25(21-14-6-2-7-15-21)22-16-8-3-9-17-22;2*17-16-2-1-10(9-19-16)22-13-3-4-18-12-8-15-14(7-11(12)13)20-5-6-21-15/h1,4-5,10-13,18-19,21-22H,2-3,6-9,14-17H2;1-4,7-9H,5-6H2;1-4,7-9H,5-6H2,(H2,17,19). The Morgan fingerprint density at radius 1 is 0.507 bits per heavy atom. The van der Waals surface area contributed by atoms with Crippen LogP contribution in [-0.2, 0) is 0 Å². The maximum absolute atomic E-state index is 5.92. The van der Waals surface area contributed by atoms with Crippen molar-refractivity contribution in [2.24, 2.45) is 0 Å². The summed E-state index contributed by atoms with van der Waals surface area (Å²) in [5.41, 5.74) is 12.0. The molecule has 4 aromatic carbocycles. The van der Waals surface area contributed by atoms with Crippen molar-refractivity contribution in [3.63, 3.8) is 0 Å². The van der Waals surface area contributed by atoms with E-state index in [0.29, 0.717) is 78.2 Å². The summed E-state index contributed by atoms with van der Waals surface area (Å²) >= 11 is 3.30. The zero-order valence-corrected chi connectivity index (χ0v) is 41.0. The van der Waals surface area contributed by atoms with Crippen LogP contribution < -0.4 is 39.5 Å². The molecule has 352 valence electrons. The first-order valence-corrected chi connectivity index (χ1v) is 26.3. The summed E-state index contributed by atoms with van der Waals surface area (Å²) in [6.45, 7) is 2.19. The number of aromatic nitrogens is 4. The number of pyridine rings is 4. The van der Waals surface area contributed by atoms with Crippen LogP contribution in [0.4, 0.5) is 5.82 Å². The van der Waals surface area contributed by atoms with Crippen LogP contribution in [0.5, 0.6) is 46.0 Å². The van der Waals surface area contributed by atoms with E-state index in [9.17, 15) is 0 Å². The molecular formula is C56H55BrN5O6P. The van der Waals surface area contributed by atoms with Crippen molar-refractivity contribution in [3.05, 3.63) is 145 Å². The topological polar surface area (TPSA) is 133 Å². The number of fused-ring (bicyclic) bond motifs is 4. The average molecular weight is 1000 g/mol. The van der Waals surface area contributed by atoms with E-state index in [-0.39, 0.29) is 7.92 Å². The van der Waals surface area contributed by atoms with Gasteiger partial charge in [-0.25, -0.2) is 9.97 Å². The molecule has 4 aromatic heterocycles. The Labute approximate surface area is 412 Å². The zero-order chi connectivity index (χ0) is 46.8. The van der Waals surface area contributed by atoms with Gasteiger partial charge in [0.2, 0.25) is 0 Å². The molecule has 0 amide bonds. The van der Waals surface area contributed by atoms with Crippen molar-refractivity contribution in [1.29, 1.82) is 0 Å². The third-order valence-electron chi connectivity index (χ3n) is 12.8. The van der Waals surface area contributed by atoms with E-state index < -0.39 is 0 Å². The molecule has 8 aromatic rings. The van der Waals surface area contributed by atoms with Crippen LogP contribution in [0.3, 0.4) is 0 Å². The van der Waals surface area contributed by atoms with Crippen LogP contribution in [0, 0.1) is 0 Å². The lowest BCUT2D eigenvalue weighted by Crippen LogP contribution is -2.27. The normalized spacial score (nSPS) is 15.6. The van der Waals surface area contributed by atoms with Crippen LogP contribution in [0.2, 0.25) is 0 Å². The molecule has 4 aliphatic rings. The molecule has 2 aliphatic carbocycles. The first kappa shape index (κ1) is 46.2. The molecule has 0 saturated heterocycles. The Morgan fingerprint density at radius 3 is 1.51 bits per heavy atom. The van der Waals surface area contributed by atoms with Gasteiger partial charge in [0.05, 0.1) is 23.4 Å². The van der Waals surface area contributed by atoms with Crippen molar-refractivity contribution in [3.8, 4) is 57.1 Å². The lowest BCUT2D eigenvalue weighted by Gasteiger charge is -2.39. The fourth-order valence-corrected chi connectivity index (χ4v) is 13.8. The summed E-state index contributed by atoms with van der Waals surface area (Å²) in [4.78, 5) is 16.9. The molecule has 11 nitrogen and oxygen atoms in total. The van der Waals surface area contributed by atoms with Gasteiger partial charge in [0.1, 0.15) is 59.8 Å². The fraction of sp³-hybridized carbons (Fsp3) is 0.286. The highest BCUT2D eigenvalue weighted by Crippen LogP contribution is 2.56. The molecule has 13 heteroatoms. The summed E-state index contributed by atoms with van der Waals surface area (Å²) in [5, 5.41) is 3.43. The van der Waals surface area contributed by atoms with Crippen molar-refractivity contribution >= 4 is 56.8 Å². The zero-order valence-electron chi connectivity index (χ0n) is 38.5. The van der Waals surface area contributed by atoms with Crippen LogP contribution in [-0.4, -0.2) is 57.7 Å². The predicted molar refractivity (Wildman–Crippen MR) is 278 cm³/mol. The molecule has 69 heavy (non-hydrogen) atoms. The number of hydrogen-bond donors (Lipinski definition) is 1. The first-order valence-electron chi connectivity index (χ1n) is 24.0. The predicted octanol–water partition coefficient (Wildman–Crippen LogP) is 13.9. The van der Waals surface area contributed by atoms with Gasteiger partial charge in [0.15, 0.2) is 23.0 Å². The Bertz CT molecular complexity index is 2810. The molecule has 2 fully saturated rings. The van der Waals surface area contributed by atoms with Gasteiger partial charge in [0.25, 0.3) is 0 Å². The number of nitrogens with two attached hydrogens (primary N) is 1. The van der Waals surface area contributed by atoms with Crippen LogP contribution in [0.15, 0.2) is 145 Å². The van der Waals surface area contributed by atoms with Gasteiger partial charge in [-0.05, 0) is 118 Å². The maximum atomic E-state index is 5.92. The number of anilines is 1. The number of nitrogens with zero attached hydrogens (tertiary/aromatic N) is 4. The highest BCUT2D eigenvalue weighted by atomic mass is 79.9. The molecule has 12 rings (SSSR count). The molecule has 0 atom stereocenters. The van der Waals surface area contributed by atoms with Gasteiger partial charge in [-0.3, -0.25) is 9.97 Å². The Hall–Kier alpha value is -6.49. The fourth-order valence-electron chi connectivity index (χ4n) is 9.59. The van der Waals surface area contributed by atoms with E-state index in [1.165, 1.54) is 75.3 Å². The number of nitrogen functional groups attached to an aromatic ring is 1. The molecule has 2 aliphatic heterocycles. The highest BCUT2D eigenvalue weighted by molar-refractivity contribution is 9.10. The minimum absolute atomic E-state index is 0.0365. The van der Waals surface area contributed by atoms with Gasteiger partial charge in [-0.1, -0.05) is 101 Å². The van der Waals surface area contributed by atoms with Crippen molar-refractivity contribution < 1.29 is 28.4 Å². The highest BCUT2D eigenvalue weighted by Gasteiger charge is 2.33. The van der Waals surface area contributed by atoms with E-state index in [1.807, 2.05) is 42.5 Å². The molecule has 2 N–H and O–H groups in total. The lowest BCUT2D eigenvalue weighted by molar-refractivity contribution is 0.172. The molecule has 0 radical (unpaired) electrons. The van der Waals surface area contributed by atoms with E-state index in [0.717, 1.165) is 37.7 Å². The van der Waals surface area contributed by atoms with Gasteiger partial charge in [-0.2, -0.15) is 0 Å². The van der Waals surface area contributed by atoms with Crippen LogP contribution in [0.25, 0.3) is 32.9 Å². The number of benzene rings is 4. The number of rotatable bonds is 8. The summed E-state index contributed by atoms with van der Waals surface area (Å²) in [5.74, 6) is 5.93. The van der Waals surface area contributed by atoms with Crippen LogP contribution >= 0.6 is 23.9 Å². The van der Waals surface area contributed by atoms with Gasteiger partial charge in [-0.15, -0.1) is 0 Å². The molecule has 2 saturated carbocycles. The minimum atomic E-state index is -0.0365. The second-order valence-corrected chi connectivity index (χ2v) is 21.0. The molecule has 6 heterocycles. The number of halogens is 1. The third-order valence-corrected chi connectivity index (χ3v) is 16.9. The minimum Gasteiger partial charge on any atom is -0.486 e. The summed E-state index contributed by atoms with van der Waals surface area (Å²) in [6, 6.07) is 38.8. The number of ether oxygens (including phenoxy) is 6. The van der Waals surface area contributed by atoms with E-state index >= 15 is 0 Å². The summed E-state index contributed by atoms with van der Waals surface area (Å²) < 4.78 is 35.0. The second-order valence-electron chi connectivity index (χ2n) is 17.5. The first-order chi connectivity index (χ1) is 34.0.